The molecule has 0 heterocycles. The Hall–Kier alpha value is -3.25. The Labute approximate surface area is 187 Å². The van der Waals surface area contributed by atoms with Gasteiger partial charge in [-0.2, -0.15) is 0 Å². The van der Waals surface area contributed by atoms with Crippen LogP contribution in [0.2, 0.25) is 0 Å². The lowest BCUT2D eigenvalue weighted by Crippen LogP contribution is -2.27. The zero-order valence-corrected chi connectivity index (χ0v) is 18.3. The van der Waals surface area contributed by atoms with Crippen molar-refractivity contribution < 1.29 is 14.3 Å². The van der Waals surface area contributed by atoms with Crippen LogP contribution in [-0.2, 0) is 17.0 Å². The number of thioether (sulfide) groups is 1. The highest BCUT2D eigenvalue weighted by Crippen LogP contribution is 2.18. The average molecular weight is 435 g/mol. The van der Waals surface area contributed by atoms with Gasteiger partial charge in [0.05, 0.1) is 24.1 Å². The second kappa shape index (κ2) is 11.8. The summed E-state index contributed by atoms with van der Waals surface area (Å²) in [5.41, 5.74) is 3.27. The molecule has 2 amide bonds. The van der Waals surface area contributed by atoms with Crippen molar-refractivity contribution in [3.8, 4) is 5.75 Å². The Morgan fingerprint density at radius 2 is 1.58 bits per heavy atom. The van der Waals surface area contributed by atoms with E-state index in [0.717, 1.165) is 23.5 Å². The van der Waals surface area contributed by atoms with Crippen molar-refractivity contribution in [3.63, 3.8) is 0 Å². The van der Waals surface area contributed by atoms with E-state index in [0.29, 0.717) is 23.5 Å². The maximum absolute atomic E-state index is 12.6. The van der Waals surface area contributed by atoms with Crippen LogP contribution in [0.25, 0.3) is 0 Å². The van der Waals surface area contributed by atoms with E-state index in [2.05, 4.69) is 10.6 Å². The fourth-order valence-electron chi connectivity index (χ4n) is 3.02. The Kier molecular flexibility index (Phi) is 8.55. The summed E-state index contributed by atoms with van der Waals surface area (Å²) < 4.78 is 5.15. The zero-order chi connectivity index (χ0) is 21.9. The molecular formula is C25H26N2O3S. The van der Waals surface area contributed by atoms with Crippen molar-refractivity contribution >= 4 is 29.3 Å². The quantitative estimate of drug-likeness (QED) is 0.492. The summed E-state index contributed by atoms with van der Waals surface area (Å²) in [6.45, 7) is 0.531. The smallest absolute Gasteiger partial charge is 0.253 e. The highest BCUT2D eigenvalue weighted by Gasteiger charge is 2.13. The lowest BCUT2D eigenvalue weighted by Gasteiger charge is -2.11. The van der Waals surface area contributed by atoms with Gasteiger partial charge < -0.3 is 15.4 Å². The van der Waals surface area contributed by atoms with E-state index in [-0.39, 0.29) is 11.8 Å². The minimum Gasteiger partial charge on any atom is -0.497 e. The van der Waals surface area contributed by atoms with Crippen molar-refractivity contribution in [2.45, 2.75) is 12.2 Å². The standard InChI is InChI=1S/C25H26N2O3S/c1-30-21-13-11-20(12-14-21)17-31-18-24(28)27-23-10-6-5-9-22(23)25(29)26-16-15-19-7-3-2-4-8-19/h2-14H,15-18H2,1H3,(H,26,29)(H,27,28). The molecule has 160 valence electrons. The number of methoxy groups -OCH3 is 1. The molecule has 0 atom stereocenters. The fraction of sp³-hybridized carbons (Fsp3) is 0.200. The maximum Gasteiger partial charge on any atom is 0.253 e. The number of carbonyl (C=O) groups excluding carboxylic acids is 2. The van der Waals surface area contributed by atoms with Gasteiger partial charge in [0.1, 0.15) is 5.75 Å². The number of ether oxygens (including phenoxy) is 1. The number of amides is 2. The molecule has 3 aromatic carbocycles. The number of nitrogens with one attached hydrogen (secondary N) is 2. The minimum absolute atomic E-state index is 0.136. The van der Waals surface area contributed by atoms with Gasteiger partial charge >= 0.3 is 0 Å². The Bertz CT molecular complexity index is 991. The van der Waals surface area contributed by atoms with Crippen LogP contribution < -0.4 is 15.4 Å². The largest absolute Gasteiger partial charge is 0.497 e. The molecule has 0 fully saturated rings. The monoisotopic (exact) mass is 434 g/mol. The first-order valence-corrected chi connectivity index (χ1v) is 11.2. The topological polar surface area (TPSA) is 67.4 Å². The third-order valence-corrected chi connectivity index (χ3v) is 5.65. The van der Waals surface area contributed by atoms with E-state index < -0.39 is 0 Å². The van der Waals surface area contributed by atoms with Crippen molar-refractivity contribution in [2.75, 3.05) is 24.7 Å². The first kappa shape index (κ1) is 22.4. The SMILES string of the molecule is COc1ccc(CSCC(=O)Nc2ccccc2C(=O)NCCc2ccccc2)cc1. The summed E-state index contributed by atoms with van der Waals surface area (Å²) in [5, 5.41) is 5.79. The summed E-state index contributed by atoms with van der Waals surface area (Å²) in [6.07, 6.45) is 0.753. The first-order valence-electron chi connectivity index (χ1n) is 10.1. The number of anilines is 1. The second-order valence-corrected chi connectivity index (χ2v) is 7.91. The molecule has 0 aliphatic carbocycles. The second-order valence-electron chi connectivity index (χ2n) is 6.93. The lowest BCUT2D eigenvalue weighted by molar-refractivity contribution is -0.113. The van der Waals surface area contributed by atoms with Gasteiger partial charge in [-0.3, -0.25) is 9.59 Å². The summed E-state index contributed by atoms with van der Waals surface area (Å²) in [4.78, 5) is 25.0. The van der Waals surface area contributed by atoms with Crippen molar-refractivity contribution in [1.29, 1.82) is 0 Å². The van der Waals surface area contributed by atoms with Crippen molar-refractivity contribution in [2.24, 2.45) is 0 Å². The minimum atomic E-state index is -0.197. The van der Waals surface area contributed by atoms with Crippen LogP contribution >= 0.6 is 11.8 Å². The van der Waals surface area contributed by atoms with E-state index in [1.165, 1.54) is 17.3 Å². The van der Waals surface area contributed by atoms with E-state index in [1.54, 1.807) is 31.4 Å². The van der Waals surface area contributed by atoms with E-state index in [4.69, 9.17) is 4.74 Å². The van der Waals surface area contributed by atoms with Gasteiger partial charge in [-0.25, -0.2) is 0 Å². The summed E-state index contributed by atoms with van der Waals surface area (Å²) >= 11 is 1.52. The molecule has 5 nitrogen and oxygen atoms in total. The van der Waals surface area contributed by atoms with Crippen molar-refractivity contribution in [3.05, 3.63) is 95.6 Å². The highest BCUT2D eigenvalue weighted by molar-refractivity contribution is 7.99. The van der Waals surface area contributed by atoms with E-state index >= 15 is 0 Å². The van der Waals surface area contributed by atoms with E-state index in [1.807, 2.05) is 54.6 Å². The number of rotatable bonds is 10. The van der Waals surface area contributed by atoms with E-state index in [9.17, 15) is 9.59 Å². The molecule has 0 bridgehead atoms. The molecule has 0 spiro atoms. The predicted octanol–water partition coefficient (Wildman–Crippen LogP) is 4.54. The van der Waals surface area contributed by atoms with Crippen LogP contribution in [0.1, 0.15) is 21.5 Å². The average Bonchev–Trinajstić information content (AvgIpc) is 2.80. The Balaban J connectivity index is 1.48. The molecular weight excluding hydrogens is 408 g/mol. The van der Waals surface area contributed by atoms with Crippen LogP contribution in [0.5, 0.6) is 5.75 Å². The van der Waals surface area contributed by atoms with Crippen LogP contribution in [0.15, 0.2) is 78.9 Å². The van der Waals surface area contributed by atoms with Crippen LogP contribution in [-0.4, -0.2) is 31.2 Å². The fourth-order valence-corrected chi connectivity index (χ4v) is 3.81. The summed E-state index contributed by atoms with van der Waals surface area (Å²) in [7, 11) is 1.63. The summed E-state index contributed by atoms with van der Waals surface area (Å²) in [6, 6.07) is 24.8. The number of para-hydroxylation sites is 1. The number of hydrogen-bond acceptors (Lipinski definition) is 4. The molecule has 3 rings (SSSR count). The third kappa shape index (κ3) is 7.19. The number of benzene rings is 3. The van der Waals surface area contributed by atoms with Crippen molar-refractivity contribution in [1.82, 2.24) is 5.32 Å². The molecule has 0 unspecified atom stereocenters. The summed E-state index contributed by atoms with van der Waals surface area (Å²) in [5.74, 6) is 1.50. The van der Waals surface area contributed by atoms with Gasteiger partial charge in [0.15, 0.2) is 0 Å². The molecule has 0 saturated carbocycles. The molecule has 2 N–H and O–H groups in total. The third-order valence-electron chi connectivity index (χ3n) is 4.65. The van der Waals surface area contributed by atoms with Gasteiger partial charge in [0.25, 0.3) is 5.91 Å². The molecule has 0 aliphatic rings. The van der Waals surface area contributed by atoms with Gasteiger partial charge in [0, 0.05) is 12.3 Å². The Morgan fingerprint density at radius 3 is 2.32 bits per heavy atom. The predicted molar refractivity (Wildman–Crippen MR) is 127 cm³/mol. The Morgan fingerprint density at radius 1 is 0.871 bits per heavy atom. The first-order chi connectivity index (χ1) is 15.2. The van der Waals surface area contributed by atoms with Gasteiger partial charge in [0.2, 0.25) is 5.91 Å². The molecule has 0 saturated heterocycles. The van der Waals surface area contributed by atoms with Crippen LogP contribution in [0.4, 0.5) is 5.69 Å². The van der Waals surface area contributed by atoms with Gasteiger partial charge in [-0.15, -0.1) is 11.8 Å². The van der Waals surface area contributed by atoms with Crippen LogP contribution in [0, 0.1) is 0 Å². The number of hydrogen-bond donors (Lipinski definition) is 2. The zero-order valence-electron chi connectivity index (χ0n) is 17.5. The van der Waals surface area contributed by atoms with Gasteiger partial charge in [-0.05, 0) is 41.8 Å². The molecule has 0 aromatic heterocycles. The molecule has 31 heavy (non-hydrogen) atoms. The van der Waals surface area contributed by atoms with Crippen LogP contribution in [0.3, 0.4) is 0 Å². The van der Waals surface area contributed by atoms with Gasteiger partial charge in [-0.1, -0.05) is 54.6 Å². The number of carbonyl (C=O) groups is 2. The molecule has 0 aliphatic heterocycles. The lowest BCUT2D eigenvalue weighted by atomic mass is 10.1. The molecule has 3 aromatic rings. The molecule has 0 radical (unpaired) electrons. The normalized spacial score (nSPS) is 10.4. The highest BCUT2D eigenvalue weighted by atomic mass is 32.2. The maximum atomic E-state index is 12.6. The molecule has 6 heteroatoms.